The summed E-state index contributed by atoms with van der Waals surface area (Å²) in [5.74, 6) is 1.33. The van der Waals surface area contributed by atoms with E-state index in [4.69, 9.17) is 9.47 Å². The van der Waals surface area contributed by atoms with Gasteiger partial charge >= 0.3 is 0 Å². The van der Waals surface area contributed by atoms with Crippen LogP contribution in [-0.4, -0.2) is 19.0 Å². The van der Waals surface area contributed by atoms with E-state index >= 15 is 0 Å². The van der Waals surface area contributed by atoms with Crippen molar-refractivity contribution in [3.05, 3.63) is 65.7 Å². The van der Waals surface area contributed by atoms with Crippen molar-refractivity contribution in [3.63, 3.8) is 0 Å². The first-order valence-electron chi connectivity index (χ1n) is 8.00. The van der Waals surface area contributed by atoms with Gasteiger partial charge in [0, 0.05) is 5.56 Å². The van der Waals surface area contributed by atoms with E-state index in [0.717, 1.165) is 30.6 Å². The highest BCUT2D eigenvalue weighted by molar-refractivity contribution is 6.07. The number of fused-ring (bicyclic) bond motifs is 1. The molecule has 1 heterocycles. The maximum absolute atomic E-state index is 12.3. The molecule has 2 aromatic rings. The number of allylic oxidation sites excluding steroid dienone is 1. The fraction of sp³-hybridized carbons (Fsp3) is 0.250. The molecular weight excluding hydrogens is 288 g/mol. The lowest BCUT2D eigenvalue weighted by molar-refractivity contribution is 0.104. The molecule has 0 unspecified atom stereocenters. The molecule has 0 aromatic heterocycles. The zero-order valence-corrected chi connectivity index (χ0v) is 13.0. The van der Waals surface area contributed by atoms with Crippen LogP contribution in [0, 0.1) is 0 Å². The van der Waals surface area contributed by atoms with Crippen molar-refractivity contribution in [2.75, 3.05) is 13.2 Å². The first kappa shape index (κ1) is 15.3. The summed E-state index contributed by atoms with van der Waals surface area (Å²) in [6.45, 7) is 1.35. The molecule has 0 saturated carbocycles. The van der Waals surface area contributed by atoms with E-state index in [2.05, 4.69) is 0 Å². The third kappa shape index (κ3) is 4.22. The van der Waals surface area contributed by atoms with E-state index < -0.39 is 0 Å². The maximum atomic E-state index is 12.3. The van der Waals surface area contributed by atoms with Crippen LogP contribution in [0.3, 0.4) is 0 Å². The molecule has 0 atom stereocenters. The van der Waals surface area contributed by atoms with Gasteiger partial charge in [0.05, 0.1) is 13.2 Å². The van der Waals surface area contributed by atoms with Gasteiger partial charge in [0.15, 0.2) is 17.3 Å². The molecule has 0 aliphatic carbocycles. The number of hydrogen-bond donors (Lipinski definition) is 0. The number of rotatable bonds is 3. The van der Waals surface area contributed by atoms with Crippen molar-refractivity contribution in [3.8, 4) is 11.5 Å². The maximum Gasteiger partial charge on any atom is 0.185 e. The Balaban J connectivity index is 1.77. The van der Waals surface area contributed by atoms with Gasteiger partial charge in [0.2, 0.25) is 0 Å². The van der Waals surface area contributed by atoms with Crippen molar-refractivity contribution >= 4 is 11.9 Å². The molecule has 0 amide bonds. The SMILES string of the molecule is O=C(/C=C/c1ccccc1)c1ccc2c(c1)OCCCCCO2. The third-order valence-corrected chi connectivity index (χ3v) is 3.76. The fourth-order valence-electron chi connectivity index (χ4n) is 2.47. The van der Waals surface area contributed by atoms with Gasteiger partial charge in [-0.15, -0.1) is 0 Å². The molecular formula is C20H20O3. The fourth-order valence-corrected chi connectivity index (χ4v) is 2.47. The smallest absolute Gasteiger partial charge is 0.185 e. The average Bonchev–Trinajstić information content (AvgIpc) is 2.71. The molecule has 0 bridgehead atoms. The third-order valence-electron chi connectivity index (χ3n) is 3.76. The number of carbonyl (C=O) groups is 1. The molecule has 118 valence electrons. The minimum absolute atomic E-state index is 0.0416. The number of ketones is 1. The van der Waals surface area contributed by atoms with Crippen LogP contribution in [0.25, 0.3) is 6.08 Å². The number of carbonyl (C=O) groups excluding carboxylic acids is 1. The standard InChI is InChI=1S/C20H20O3/c21-18(11-9-16-7-3-1-4-8-16)17-10-12-19-20(15-17)23-14-6-2-5-13-22-19/h1,3-4,7-12,15H,2,5-6,13-14H2/b11-9+. The van der Waals surface area contributed by atoms with Gasteiger partial charge in [-0.3, -0.25) is 4.79 Å². The molecule has 23 heavy (non-hydrogen) atoms. The van der Waals surface area contributed by atoms with Gasteiger partial charge in [-0.05, 0) is 49.1 Å². The Hall–Kier alpha value is -2.55. The topological polar surface area (TPSA) is 35.5 Å². The van der Waals surface area contributed by atoms with Crippen LogP contribution in [0.1, 0.15) is 35.2 Å². The molecule has 3 heteroatoms. The van der Waals surface area contributed by atoms with Crippen molar-refractivity contribution in [2.45, 2.75) is 19.3 Å². The first-order valence-corrected chi connectivity index (χ1v) is 8.00. The Morgan fingerprint density at radius 1 is 0.870 bits per heavy atom. The molecule has 3 rings (SSSR count). The van der Waals surface area contributed by atoms with Crippen molar-refractivity contribution < 1.29 is 14.3 Å². The summed E-state index contributed by atoms with van der Waals surface area (Å²) < 4.78 is 11.5. The van der Waals surface area contributed by atoms with Crippen LogP contribution in [0.15, 0.2) is 54.6 Å². The second-order valence-electron chi connectivity index (χ2n) is 5.53. The predicted molar refractivity (Wildman–Crippen MR) is 91.1 cm³/mol. The lowest BCUT2D eigenvalue weighted by Gasteiger charge is -2.11. The van der Waals surface area contributed by atoms with E-state index in [1.807, 2.05) is 42.5 Å². The molecule has 0 spiro atoms. The number of ether oxygens (including phenoxy) is 2. The molecule has 0 fully saturated rings. The summed E-state index contributed by atoms with van der Waals surface area (Å²) in [6, 6.07) is 15.2. The highest BCUT2D eigenvalue weighted by atomic mass is 16.5. The van der Waals surface area contributed by atoms with Gasteiger partial charge in [0.1, 0.15) is 0 Å². The van der Waals surface area contributed by atoms with Gasteiger partial charge in [-0.25, -0.2) is 0 Å². The second kappa shape index (κ2) is 7.63. The van der Waals surface area contributed by atoms with E-state index in [1.165, 1.54) is 0 Å². The van der Waals surface area contributed by atoms with Gasteiger partial charge in [0.25, 0.3) is 0 Å². The number of benzene rings is 2. The Labute approximate surface area is 136 Å². The molecule has 0 saturated heterocycles. The summed E-state index contributed by atoms with van der Waals surface area (Å²) in [5, 5.41) is 0. The molecule has 0 radical (unpaired) electrons. The number of hydrogen-bond acceptors (Lipinski definition) is 3. The van der Waals surface area contributed by atoms with Gasteiger partial charge in [-0.2, -0.15) is 0 Å². The Kier molecular flexibility index (Phi) is 5.09. The molecule has 1 aliphatic heterocycles. The van der Waals surface area contributed by atoms with Crippen LogP contribution in [-0.2, 0) is 0 Å². The zero-order chi connectivity index (χ0) is 15.9. The summed E-state index contributed by atoms with van der Waals surface area (Å²) in [5.41, 5.74) is 1.61. The summed E-state index contributed by atoms with van der Waals surface area (Å²) in [7, 11) is 0. The lowest BCUT2D eigenvalue weighted by atomic mass is 10.1. The summed E-state index contributed by atoms with van der Waals surface area (Å²) >= 11 is 0. The minimum atomic E-state index is -0.0416. The first-order chi connectivity index (χ1) is 11.3. The molecule has 2 aromatic carbocycles. The van der Waals surface area contributed by atoms with E-state index in [-0.39, 0.29) is 5.78 Å². The molecule has 0 N–H and O–H groups in total. The van der Waals surface area contributed by atoms with Crippen molar-refractivity contribution in [1.82, 2.24) is 0 Å². The van der Waals surface area contributed by atoms with Gasteiger partial charge < -0.3 is 9.47 Å². The van der Waals surface area contributed by atoms with E-state index in [1.54, 1.807) is 18.2 Å². The van der Waals surface area contributed by atoms with E-state index in [9.17, 15) is 4.79 Å². The molecule has 1 aliphatic rings. The van der Waals surface area contributed by atoms with Crippen LogP contribution in [0.5, 0.6) is 11.5 Å². The van der Waals surface area contributed by atoms with Crippen LogP contribution in [0.4, 0.5) is 0 Å². The normalized spacial score (nSPS) is 14.8. The summed E-state index contributed by atoms with van der Waals surface area (Å²) in [4.78, 5) is 12.3. The Bertz CT molecular complexity index is 689. The van der Waals surface area contributed by atoms with Crippen LogP contribution < -0.4 is 9.47 Å². The average molecular weight is 308 g/mol. The monoisotopic (exact) mass is 308 g/mol. The predicted octanol–water partition coefficient (Wildman–Crippen LogP) is 4.52. The molecule has 3 nitrogen and oxygen atoms in total. The van der Waals surface area contributed by atoms with Crippen molar-refractivity contribution in [1.29, 1.82) is 0 Å². The highest BCUT2D eigenvalue weighted by Crippen LogP contribution is 2.30. The van der Waals surface area contributed by atoms with E-state index in [0.29, 0.717) is 24.5 Å². The van der Waals surface area contributed by atoms with Crippen LogP contribution >= 0.6 is 0 Å². The zero-order valence-electron chi connectivity index (χ0n) is 13.0. The second-order valence-corrected chi connectivity index (χ2v) is 5.53. The Morgan fingerprint density at radius 2 is 1.61 bits per heavy atom. The highest BCUT2D eigenvalue weighted by Gasteiger charge is 2.11. The summed E-state index contributed by atoms with van der Waals surface area (Å²) in [6.07, 6.45) is 6.55. The largest absolute Gasteiger partial charge is 0.490 e. The van der Waals surface area contributed by atoms with Gasteiger partial charge in [-0.1, -0.05) is 36.4 Å². The quantitative estimate of drug-likeness (QED) is 0.617. The van der Waals surface area contributed by atoms with Crippen molar-refractivity contribution in [2.24, 2.45) is 0 Å². The minimum Gasteiger partial charge on any atom is -0.490 e. The Morgan fingerprint density at radius 3 is 2.39 bits per heavy atom. The van der Waals surface area contributed by atoms with Crippen LogP contribution in [0.2, 0.25) is 0 Å². The lowest BCUT2D eigenvalue weighted by Crippen LogP contribution is -2.01.